The molecule has 0 aliphatic heterocycles. The van der Waals surface area contributed by atoms with Crippen LogP contribution in [0.5, 0.6) is 0 Å². The van der Waals surface area contributed by atoms with Crippen LogP contribution >= 0.6 is 15.9 Å². The molecule has 0 radical (unpaired) electrons. The Bertz CT molecular complexity index is 783. The van der Waals surface area contributed by atoms with Crippen LogP contribution in [0.1, 0.15) is 0 Å². The zero-order chi connectivity index (χ0) is 13.6. The Kier molecular flexibility index (Phi) is 2.74. The number of hydrogen-bond donors (Lipinski definition) is 1. The molecule has 3 nitrogen and oxygen atoms in total. The lowest BCUT2D eigenvalue weighted by Gasteiger charge is -2.08. The van der Waals surface area contributed by atoms with Crippen LogP contribution in [0.25, 0.3) is 16.7 Å². The first-order valence-corrected chi connectivity index (χ1v) is 6.25. The van der Waals surface area contributed by atoms with Crippen molar-refractivity contribution in [2.24, 2.45) is 0 Å². The molecule has 19 heavy (non-hydrogen) atoms. The van der Waals surface area contributed by atoms with Crippen LogP contribution in [-0.4, -0.2) is 9.55 Å². The van der Waals surface area contributed by atoms with Gasteiger partial charge in [0.15, 0.2) is 5.82 Å². The molecule has 3 aromatic rings. The molecule has 0 aliphatic carbocycles. The van der Waals surface area contributed by atoms with Crippen LogP contribution in [-0.2, 0) is 0 Å². The molecule has 0 unspecified atom stereocenters. The fourth-order valence-electron chi connectivity index (χ4n) is 1.99. The van der Waals surface area contributed by atoms with Crippen LogP contribution in [0.15, 0.2) is 40.9 Å². The third-order valence-corrected chi connectivity index (χ3v) is 3.30. The predicted molar refractivity (Wildman–Crippen MR) is 73.1 cm³/mol. The zero-order valence-corrected chi connectivity index (χ0v) is 11.2. The van der Waals surface area contributed by atoms with E-state index in [1.807, 2.05) is 0 Å². The maximum atomic E-state index is 13.9. The highest BCUT2D eigenvalue weighted by Gasteiger charge is 2.15. The molecule has 0 saturated carbocycles. The van der Waals surface area contributed by atoms with E-state index in [0.29, 0.717) is 9.99 Å². The minimum Gasteiger partial charge on any atom is -0.369 e. The van der Waals surface area contributed by atoms with Crippen molar-refractivity contribution < 1.29 is 8.78 Å². The summed E-state index contributed by atoms with van der Waals surface area (Å²) in [6.45, 7) is 0. The van der Waals surface area contributed by atoms with E-state index in [0.717, 1.165) is 0 Å². The number of para-hydroxylation sites is 1. The highest BCUT2D eigenvalue weighted by atomic mass is 79.9. The first kappa shape index (κ1) is 12.1. The number of imidazole rings is 1. The summed E-state index contributed by atoms with van der Waals surface area (Å²) in [7, 11) is 0. The van der Waals surface area contributed by atoms with Gasteiger partial charge < -0.3 is 5.73 Å². The van der Waals surface area contributed by atoms with Crippen LogP contribution in [0, 0.1) is 11.6 Å². The molecule has 0 atom stereocenters. The molecule has 6 heteroatoms. The molecule has 2 aromatic carbocycles. The number of nitrogens with two attached hydrogens (primary N) is 1. The molecular formula is C13H8BrF2N3. The Morgan fingerprint density at radius 3 is 2.68 bits per heavy atom. The standard InChI is InChI=1S/C13H8BrF2N3/c14-7-4-5-8(15)11(6-7)19-10-3-1-2-9(16)12(10)18-13(19)17/h1-6H,(H2,17,18). The third kappa shape index (κ3) is 1.88. The quantitative estimate of drug-likeness (QED) is 0.742. The van der Waals surface area contributed by atoms with Gasteiger partial charge in [-0.25, -0.2) is 13.8 Å². The molecule has 0 saturated heterocycles. The van der Waals surface area contributed by atoms with E-state index in [-0.39, 0.29) is 17.2 Å². The SMILES string of the molecule is Nc1nc2c(F)cccc2n1-c1cc(Br)ccc1F. The minimum atomic E-state index is -0.488. The van der Waals surface area contributed by atoms with Crippen molar-refractivity contribution in [1.82, 2.24) is 9.55 Å². The summed E-state index contributed by atoms with van der Waals surface area (Å²) in [4.78, 5) is 3.94. The van der Waals surface area contributed by atoms with E-state index in [4.69, 9.17) is 5.73 Å². The Balaban J connectivity index is 2.39. The van der Waals surface area contributed by atoms with Crippen molar-refractivity contribution in [3.63, 3.8) is 0 Å². The normalized spacial score (nSPS) is 11.1. The predicted octanol–water partition coefficient (Wildman–Crippen LogP) is 3.65. The lowest BCUT2D eigenvalue weighted by molar-refractivity contribution is 0.619. The van der Waals surface area contributed by atoms with Crippen LogP contribution < -0.4 is 5.73 Å². The van der Waals surface area contributed by atoms with Crippen molar-refractivity contribution in [3.05, 3.63) is 52.5 Å². The molecule has 2 N–H and O–H groups in total. The average Bonchev–Trinajstić information content (AvgIpc) is 2.70. The molecule has 0 bridgehead atoms. The van der Waals surface area contributed by atoms with Gasteiger partial charge >= 0.3 is 0 Å². The summed E-state index contributed by atoms with van der Waals surface area (Å²) >= 11 is 3.27. The van der Waals surface area contributed by atoms with E-state index in [9.17, 15) is 8.78 Å². The van der Waals surface area contributed by atoms with E-state index in [1.54, 1.807) is 18.2 Å². The number of nitrogen functional groups attached to an aromatic ring is 1. The van der Waals surface area contributed by atoms with Gasteiger partial charge in [0.2, 0.25) is 5.95 Å². The number of hydrogen-bond acceptors (Lipinski definition) is 2. The zero-order valence-electron chi connectivity index (χ0n) is 9.57. The largest absolute Gasteiger partial charge is 0.369 e. The van der Waals surface area contributed by atoms with Crippen LogP contribution in [0.4, 0.5) is 14.7 Å². The summed E-state index contributed by atoms with van der Waals surface area (Å²) in [6, 6.07) is 8.92. The number of nitrogens with zero attached hydrogens (tertiary/aromatic N) is 2. The Morgan fingerprint density at radius 2 is 1.89 bits per heavy atom. The molecule has 1 aromatic heterocycles. The van der Waals surface area contributed by atoms with Crippen molar-refractivity contribution in [3.8, 4) is 5.69 Å². The van der Waals surface area contributed by atoms with Crippen LogP contribution in [0.2, 0.25) is 0 Å². The summed E-state index contributed by atoms with van der Waals surface area (Å²) in [5.74, 6) is -0.908. The first-order chi connectivity index (χ1) is 9.08. The maximum absolute atomic E-state index is 13.9. The number of anilines is 1. The highest BCUT2D eigenvalue weighted by Crippen LogP contribution is 2.28. The molecule has 96 valence electrons. The van der Waals surface area contributed by atoms with Crippen molar-refractivity contribution in [2.75, 3.05) is 5.73 Å². The molecule has 0 fully saturated rings. The molecular weight excluding hydrogens is 316 g/mol. The van der Waals surface area contributed by atoms with Gasteiger partial charge in [0.25, 0.3) is 0 Å². The Hall–Kier alpha value is -1.95. The van der Waals surface area contributed by atoms with Crippen molar-refractivity contribution >= 4 is 32.9 Å². The summed E-state index contributed by atoms with van der Waals surface area (Å²) in [6.07, 6.45) is 0. The third-order valence-electron chi connectivity index (χ3n) is 2.81. The molecule has 1 heterocycles. The second-order valence-corrected chi connectivity index (χ2v) is 4.92. The summed E-state index contributed by atoms with van der Waals surface area (Å²) in [5.41, 5.74) is 6.55. The van der Waals surface area contributed by atoms with Gasteiger partial charge in [0.1, 0.15) is 11.3 Å². The smallest absolute Gasteiger partial charge is 0.206 e. The first-order valence-electron chi connectivity index (χ1n) is 5.46. The number of halogens is 3. The molecule has 0 amide bonds. The van der Waals surface area contributed by atoms with E-state index >= 15 is 0 Å². The number of benzene rings is 2. The van der Waals surface area contributed by atoms with E-state index < -0.39 is 11.6 Å². The van der Waals surface area contributed by atoms with Crippen LogP contribution in [0.3, 0.4) is 0 Å². The van der Waals surface area contributed by atoms with Gasteiger partial charge in [-0.1, -0.05) is 22.0 Å². The molecule has 0 spiro atoms. The van der Waals surface area contributed by atoms with Gasteiger partial charge in [-0.15, -0.1) is 0 Å². The summed E-state index contributed by atoms with van der Waals surface area (Å²) < 4.78 is 29.6. The maximum Gasteiger partial charge on any atom is 0.206 e. The van der Waals surface area contributed by atoms with Crippen molar-refractivity contribution in [1.29, 1.82) is 0 Å². The van der Waals surface area contributed by atoms with E-state index in [1.165, 1.54) is 22.8 Å². The lowest BCUT2D eigenvalue weighted by atomic mass is 10.2. The number of fused-ring (bicyclic) bond motifs is 1. The van der Waals surface area contributed by atoms with Gasteiger partial charge in [-0.2, -0.15) is 0 Å². The second-order valence-electron chi connectivity index (χ2n) is 4.01. The van der Waals surface area contributed by atoms with Gasteiger partial charge in [0.05, 0.1) is 11.2 Å². The Morgan fingerprint density at radius 1 is 1.11 bits per heavy atom. The Labute approximate surface area is 115 Å². The van der Waals surface area contributed by atoms with Gasteiger partial charge in [-0.05, 0) is 30.3 Å². The monoisotopic (exact) mass is 323 g/mol. The topological polar surface area (TPSA) is 43.8 Å². The number of aromatic nitrogens is 2. The molecule has 3 rings (SSSR count). The minimum absolute atomic E-state index is 0.0390. The fraction of sp³-hybridized carbons (Fsp3) is 0. The van der Waals surface area contributed by atoms with Gasteiger partial charge in [0, 0.05) is 4.47 Å². The second kappa shape index (κ2) is 4.31. The fourth-order valence-corrected chi connectivity index (χ4v) is 2.34. The highest BCUT2D eigenvalue weighted by molar-refractivity contribution is 9.10. The van der Waals surface area contributed by atoms with Gasteiger partial charge in [-0.3, -0.25) is 4.57 Å². The van der Waals surface area contributed by atoms with Crippen molar-refractivity contribution in [2.45, 2.75) is 0 Å². The molecule has 0 aliphatic rings. The lowest BCUT2D eigenvalue weighted by Crippen LogP contribution is -2.02. The summed E-state index contributed by atoms with van der Waals surface area (Å²) in [5, 5.41) is 0. The average molecular weight is 324 g/mol. The van der Waals surface area contributed by atoms with E-state index in [2.05, 4.69) is 20.9 Å². The number of rotatable bonds is 1.